The van der Waals surface area contributed by atoms with Crippen LogP contribution in [0.25, 0.3) is 0 Å². The number of epoxide rings is 1. The Morgan fingerprint density at radius 1 is 1.67 bits per heavy atom. The Balaban J connectivity index is 1.81. The quantitative estimate of drug-likeness (QED) is 0.535. The monoisotopic (exact) mass is 137 g/mol. The minimum absolute atomic E-state index is 0.0735. The van der Waals surface area contributed by atoms with Crippen LogP contribution < -0.4 is 0 Å². The van der Waals surface area contributed by atoms with Crippen LogP contribution in [0.15, 0.2) is 0 Å². The minimum Gasteiger partial charge on any atom is -0.372 e. The van der Waals surface area contributed by atoms with Crippen LogP contribution >= 0.6 is 0 Å². The molecule has 1 atom stereocenters. The van der Waals surface area contributed by atoms with Crippen molar-refractivity contribution < 1.29 is 18.3 Å². The lowest BCUT2D eigenvalue weighted by molar-refractivity contribution is 0.0725. The predicted octanol–water partition coefficient (Wildman–Crippen LogP) is 0.830. The second kappa shape index (κ2) is 3.08. The molecule has 4 heteroatoms. The molecule has 1 saturated heterocycles. The number of hydrogen-bond donors (Lipinski definition) is 0. The number of hydrogen-bond acceptors (Lipinski definition) is 2. The van der Waals surface area contributed by atoms with Crippen molar-refractivity contribution in [2.24, 2.45) is 0 Å². The van der Waals surface area contributed by atoms with Crippen molar-refractivity contribution >= 4 is 0 Å². The van der Waals surface area contributed by atoms with Gasteiger partial charge in [-0.3, -0.25) is 0 Å². The van der Waals surface area contributed by atoms with E-state index in [4.69, 9.17) is 4.74 Å². The SMILES string of the molecule is F[C](F)COCC1CO1. The molecule has 0 aromatic rings. The van der Waals surface area contributed by atoms with Gasteiger partial charge in [0.2, 0.25) is 0 Å². The average molecular weight is 137 g/mol. The van der Waals surface area contributed by atoms with Crippen molar-refractivity contribution in [3.05, 3.63) is 6.43 Å². The van der Waals surface area contributed by atoms with Gasteiger partial charge in [0.1, 0.15) is 12.7 Å². The summed E-state index contributed by atoms with van der Waals surface area (Å²) in [5.41, 5.74) is 0. The molecule has 1 aliphatic rings. The Labute approximate surface area is 51.8 Å². The molecule has 1 aliphatic heterocycles. The summed E-state index contributed by atoms with van der Waals surface area (Å²) in [6, 6.07) is 0. The molecule has 0 aromatic carbocycles. The maximum atomic E-state index is 11.3. The van der Waals surface area contributed by atoms with Gasteiger partial charge in [0.15, 0.2) is 0 Å². The van der Waals surface area contributed by atoms with Crippen molar-refractivity contribution in [3.8, 4) is 0 Å². The van der Waals surface area contributed by atoms with Crippen molar-refractivity contribution in [3.63, 3.8) is 0 Å². The molecule has 1 rings (SSSR count). The van der Waals surface area contributed by atoms with Crippen LogP contribution in [-0.2, 0) is 9.47 Å². The fourth-order valence-corrected chi connectivity index (χ4v) is 0.432. The summed E-state index contributed by atoms with van der Waals surface area (Å²) in [6.45, 7) is 0.380. The highest BCUT2D eigenvalue weighted by molar-refractivity contribution is 4.68. The smallest absolute Gasteiger partial charge is 0.335 e. The topological polar surface area (TPSA) is 21.8 Å². The number of ether oxygens (including phenoxy) is 2. The first-order valence-electron chi connectivity index (χ1n) is 2.65. The molecule has 1 unspecified atom stereocenters. The summed E-state index contributed by atoms with van der Waals surface area (Å²) in [6.07, 6.45) is -1.61. The molecular formula is C5H7F2O2. The molecular weight excluding hydrogens is 130 g/mol. The summed E-state index contributed by atoms with van der Waals surface area (Å²) in [7, 11) is 0. The second-order valence-corrected chi connectivity index (χ2v) is 1.81. The molecule has 0 spiro atoms. The van der Waals surface area contributed by atoms with E-state index < -0.39 is 13.0 Å². The highest BCUT2D eigenvalue weighted by Crippen LogP contribution is 2.10. The van der Waals surface area contributed by atoms with E-state index in [0.29, 0.717) is 6.61 Å². The molecule has 53 valence electrons. The molecule has 1 fully saturated rings. The maximum Gasteiger partial charge on any atom is 0.335 e. The molecule has 1 heterocycles. The van der Waals surface area contributed by atoms with E-state index in [0.717, 1.165) is 0 Å². The number of rotatable bonds is 4. The van der Waals surface area contributed by atoms with E-state index in [9.17, 15) is 8.78 Å². The van der Waals surface area contributed by atoms with Crippen molar-refractivity contribution in [1.82, 2.24) is 0 Å². The zero-order chi connectivity index (χ0) is 6.69. The van der Waals surface area contributed by atoms with Gasteiger partial charge in [-0.25, -0.2) is 0 Å². The maximum absolute atomic E-state index is 11.3. The third-order valence-electron chi connectivity index (χ3n) is 0.917. The molecule has 2 nitrogen and oxygen atoms in total. The van der Waals surface area contributed by atoms with Gasteiger partial charge < -0.3 is 9.47 Å². The molecule has 0 N–H and O–H groups in total. The van der Waals surface area contributed by atoms with Gasteiger partial charge in [0, 0.05) is 0 Å². The summed E-state index contributed by atoms with van der Waals surface area (Å²) in [5.74, 6) is 0. The highest BCUT2D eigenvalue weighted by Gasteiger charge is 2.22. The van der Waals surface area contributed by atoms with Crippen LogP contribution in [0.4, 0.5) is 8.78 Å². The van der Waals surface area contributed by atoms with Crippen molar-refractivity contribution in [2.75, 3.05) is 19.8 Å². The van der Waals surface area contributed by atoms with E-state index in [1.807, 2.05) is 0 Å². The fraction of sp³-hybridized carbons (Fsp3) is 0.800. The van der Waals surface area contributed by atoms with Crippen molar-refractivity contribution in [2.45, 2.75) is 6.10 Å². The van der Waals surface area contributed by atoms with E-state index >= 15 is 0 Å². The minimum atomic E-state index is -1.68. The average Bonchev–Trinajstić information content (AvgIpc) is 2.48. The van der Waals surface area contributed by atoms with E-state index in [1.165, 1.54) is 0 Å². The standard InChI is InChI=1S/C5H7F2O2/c6-5(7)3-8-1-4-2-9-4/h4H,1-3H2. The van der Waals surface area contributed by atoms with Crippen LogP contribution in [-0.4, -0.2) is 25.9 Å². The summed E-state index contributed by atoms with van der Waals surface area (Å²) >= 11 is 0. The fourth-order valence-electron chi connectivity index (χ4n) is 0.432. The lowest BCUT2D eigenvalue weighted by Crippen LogP contribution is -2.04. The van der Waals surface area contributed by atoms with Gasteiger partial charge in [0.25, 0.3) is 0 Å². The first kappa shape index (κ1) is 6.89. The van der Waals surface area contributed by atoms with Gasteiger partial charge in [-0.1, -0.05) is 0 Å². The lowest BCUT2D eigenvalue weighted by atomic mass is 10.5. The van der Waals surface area contributed by atoms with Gasteiger partial charge in [-0.05, 0) is 0 Å². The van der Waals surface area contributed by atoms with E-state index in [-0.39, 0.29) is 12.7 Å². The predicted molar refractivity (Wildman–Crippen MR) is 26.0 cm³/mol. The normalized spacial score (nSPS) is 25.0. The lowest BCUT2D eigenvalue weighted by Gasteiger charge is -1.96. The molecule has 0 aliphatic carbocycles. The van der Waals surface area contributed by atoms with Gasteiger partial charge in [-0.2, -0.15) is 8.78 Å². The third-order valence-corrected chi connectivity index (χ3v) is 0.917. The first-order chi connectivity index (χ1) is 4.29. The molecule has 1 radical (unpaired) electrons. The largest absolute Gasteiger partial charge is 0.372 e. The Morgan fingerprint density at radius 3 is 2.78 bits per heavy atom. The molecule has 0 aromatic heterocycles. The number of halogens is 2. The summed E-state index contributed by atoms with van der Waals surface area (Å²) in [5, 5.41) is 0. The Morgan fingerprint density at radius 2 is 2.33 bits per heavy atom. The highest BCUT2D eigenvalue weighted by atomic mass is 19.3. The molecule has 0 amide bonds. The van der Waals surface area contributed by atoms with E-state index in [1.54, 1.807) is 0 Å². The van der Waals surface area contributed by atoms with Crippen LogP contribution in [0, 0.1) is 6.43 Å². The van der Waals surface area contributed by atoms with Crippen LogP contribution in [0.3, 0.4) is 0 Å². The Kier molecular flexibility index (Phi) is 2.36. The molecule has 0 saturated carbocycles. The zero-order valence-electron chi connectivity index (χ0n) is 4.77. The first-order valence-corrected chi connectivity index (χ1v) is 2.65. The third kappa shape index (κ3) is 3.37. The van der Waals surface area contributed by atoms with Gasteiger partial charge in [0.05, 0.1) is 13.2 Å². The molecule has 9 heavy (non-hydrogen) atoms. The van der Waals surface area contributed by atoms with E-state index in [2.05, 4.69) is 4.74 Å². The van der Waals surface area contributed by atoms with Gasteiger partial charge >= 0.3 is 6.43 Å². The van der Waals surface area contributed by atoms with Gasteiger partial charge in [-0.15, -0.1) is 0 Å². The van der Waals surface area contributed by atoms with Crippen molar-refractivity contribution in [1.29, 1.82) is 0 Å². The summed E-state index contributed by atoms with van der Waals surface area (Å²) in [4.78, 5) is 0. The van der Waals surface area contributed by atoms with Crippen LogP contribution in [0.2, 0.25) is 0 Å². The summed E-state index contributed by atoms with van der Waals surface area (Å²) < 4.78 is 31.7. The Bertz CT molecular complexity index is 81.0. The Hall–Kier alpha value is -0.220. The van der Waals surface area contributed by atoms with Crippen LogP contribution in [0.5, 0.6) is 0 Å². The van der Waals surface area contributed by atoms with Crippen LogP contribution in [0.1, 0.15) is 0 Å². The zero-order valence-corrected chi connectivity index (χ0v) is 4.77. The second-order valence-electron chi connectivity index (χ2n) is 1.81. The molecule has 0 bridgehead atoms.